The Balaban J connectivity index is 2.12. The number of benzene rings is 2. The van der Waals surface area contributed by atoms with Crippen LogP contribution in [0.1, 0.15) is 25.3 Å². The van der Waals surface area contributed by atoms with Crippen LogP contribution in [-0.2, 0) is 0 Å². The lowest BCUT2D eigenvalue weighted by atomic mass is 10.0. The number of hydrogen-bond acceptors (Lipinski definition) is 1. The molecule has 0 amide bonds. The largest absolute Gasteiger partial charge is 0.369 e. The molecule has 3 nitrogen and oxygen atoms in total. The molecular weight excluding hydrogens is 361 g/mol. The van der Waals surface area contributed by atoms with Gasteiger partial charge in [0.2, 0.25) is 0 Å². The highest BCUT2D eigenvalue weighted by Gasteiger charge is 2.01. The minimum absolute atomic E-state index is 0.395. The number of nitrogens with two attached hydrogens (primary N) is 1. The van der Waals surface area contributed by atoms with Crippen molar-refractivity contribution in [2.45, 2.75) is 19.8 Å². The van der Waals surface area contributed by atoms with Crippen LogP contribution in [0.2, 0.25) is 0 Å². The molecule has 0 unspecified atom stereocenters. The molecule has 0 aliphatic rings. The molecule has 0 spiro atoms. The molecular formula is C16H18IN3. The third-order valence-corrected chi connectivity index (χ3v) is 3.89. The fourth-order valence-corrected chi connectivity index (χ4v) is 2.32. The van der Waals surface area contributed by atoms with Crippen LogP contribution in [-0.4, -0.2) is 5.96 Å². The summed E-state index contributed by atoms with van der Waals surface area (Å²) in [5.41, 5.74) is 9.06. The van der Waals surface area contributed by atoms with Crippen molar-refractivity contribution in [3.05, 3.63) is 57.7 Å². The third-order valence-electron chi connectivity index (χ3n) is 2.95. The molecule has 0 aliphatic heterocycles. The summed E-state index contributed by atoms with van der Waals surface area (Å²) in [4.78, 5) is 4.38. The normalized spacial score (nSPS) is 11.7. The van der Waals surface area contributed by atoms with Crippen molar-refractivity contribution in [1.29, 1.82) is 0 Å². The average Bonchev–Trinajstić information content (AvgIpc) is 2.42. The molecule has 2 aromatic carbocycles. The van der Waals surface area contributed by atoms with Crippen LogP contribution in [0.4, 0.5) is 11.4 Å². The van der Waals surface area contributed by atoms with E-state index in [1.165, 1.54) is 5.56 Å². The SMILES string of the molecule is CC(C)c1ccc(N=C(N)Nc2ccccc2I)cc1. The predicted molar refractivity (Wildman–Crippen MR) is 94.6 cm³/mol. The number of para-hydroxylation sites is 1. The van der Waals surface area contributed by atoms with Gasteiger partial charge in [-0.2, -0.15) is 0 Å². The van der Waals surface area contributed by atoms with Gasteiger partial charge in [-0.3, -0.25) is 0 Å². The fraction of sp³-hybridized carbons (Fsp3) is 0.188. The molecule has 2 aromatic rings. The Kier molecular flexibility index (Phi) is 5.00. The molecule has 0 heterocycles. The van der Waals surface area contributed by atoms with Crippen molar-refractivity contribution >= 4 is 39.9 Å². The van der Waals surface area contributed by atoms with Gasteiger partial charge in [0.1, 0.15) is 0 Å². The summed E-state index contributed by atoms with van der Waals surface area (Å²) in [7, 11) is 0. The van der Waals surface area contributed by atoms with Crippen molar-refractivity contribution in [2.24, 2.45) is 10.7 Å². The number of rotatable bonds is 3. The van der Waals surface area contributed by atoms with Gasteiger partial charge in [-0.05, 0) is 58.3 Å². The van der Waals surface area contributed by atoms with Gasteiger partial charge in [-0.25, -0.2) is 4.99 Å². The maximum atomic E-state index is 5.94. The number of guanidine groups is 1. The summed E-state index contributed by atoms with van der Waals surface area (Å²) in [6.45, 7) is 4.34. The summed E-state index contributed by atoms with van der Waals surface area (Å²) >= 11 is 2.26. The zero-order valence-electron chi connectivity index (χ0n) is 11.6. The first-order valence-corrected chi connectivity index (χ1v) is 7.60. The first kappa shape index (κ1) is 14.8. The van der Waals surface area contributed by atoms with Gasteiger partial charge in [0.15, 0.2) is 5.96 Å². The molecule has 4 heteroatoms. The molecule has 0 atom stereocenters. The number of halogens is 1. The van der Waals surface area contributed by atoms with E-state index >= 15 is 0 Å². The van der Waals surface area contributed by atoms with Gasteiger partial charge in [-0.15, -0.1) is 0 Å². The molecule has 0 radical (unpaired) electrons. The van der Waals surface area contributed by atoms with E-state index in [2.05, 4.69) is 58.9 Å². The Morgan fingerprint density at radius 1 is 1.10 bits per heavy atom. The molecule has 20 heavy (non-hydrogen) atoms. The van der Waals surface area contributed by atoms with E-state index in [1.54, 1.807) is 0 Å². The first-order valence-electron chi connectivity index (χ1n) is 6.52. The van der Waals surface area contributed by atoms with Crippen molar-refractivity contribution < 1.29 is 0 Å². The quantitative estimate of drug-likeness (QED) is 0.470. The van der Waals surface area contributed by atoms with E-state index in [-0.39, 0.29) is 0 Å². The Bertz CT molecular complexity index is 603. The highest BCUT2D eigenvalue weighted by atomic mass is 127. The van der Waals surface area contributed by atoms with E-state index in [9.17, 15) is 0 Å². The number of anilines is 1. The molecule has 104 valence electrons. The summed E-state index contributed by atoms with van der Waals surface area (Å²) in [6, 6.07) is 16.1. The van der Waals surface area contributed by atoms with Crippen molar-refractivity contribution in [3.8, 4) is 0 Å². The second kappa shape index (κ2) is 6.74. The van der Waals surface area contributed by atoms with Gasteiger partial charge < -0.3 is 11.1 Å². The molecule has 0 saturated heterocycles. The van der Waals surface area contributed by atoms with E-state index in [1.807, 2.05) is 36.4 Å². The number of nitrogens with one attached hydrogen (secondary N) is 1. The minimum Gasteiger partial charge on any atom is -0.369 e. The van der Waals surface area contributed by atoms with Crippen LogP contribution in [0.5, 0.6) is 0 Å². The maximum Gasteiger partial charge on any atom is 0.198 e. The second-order valence-corrected chi connectivity index (χ2v) is 6.01. The smallest absolute Gasteiger partial charge is 0.198 e. The van der Waals surface area contributed by atoms with Crippen molar-refractivity contribution in [1.82, 2.24) is 0 Å². The maximum absolute atomic E-state index is 5.94. The van der Waals surface area contributed by atoms with Crippen molar-refractivity contribution in [2.75, 3.05) is 5.32 Å². The Hall–Kier alpha value is -1.56. The molecule has 0 aliphatic carbocycles. The summed E-state index contributed by atoms with van der Waals surface area (Å²) in [5, 5.41) is 3.12. The second-order valence-electron chi connectivity index (χ2n) is 4.85. The molecule has 0 fully saturated rings. The van der Waals surface area contributed by atoms with E-state index in [0.717, 1.165) is 14.9 Å². The number of aliphatic imine (C=N–C) groups is 1. The molecule has 2 rings (SSSR count). The Morgan fingerprint density at radius 3 is 2.35 bits per heavy atom. The summed E-state index contributed by atoms with van der Waals surface area (Å²) in [5.74, 6) is 0.917. The van der Waals surface area contributed by atoms with Crippen LogP contribution in [0.3, 0.4) is 0 Å². The summed E-state index contributed by atoms with van der Waals surface area (Å²) in [6.07, 6.45) is 0. The van der Waals surface area contributed by atoms with Gasteiger partial charge in [0.25, 0.3) is 0 Å². The third kappa shape index (κ3) is 3.96. The average molecular weight is 379 g/mol. The van der Waals surface area contributed by atoms with Gasteiger partial charge in [0, 0.05) is 3.57 Å². The lowest BCUT2D eigenvalue weighted by Gasteiger charge is -2.08. The molecule has 0 bridgehead atoms. The minimum atomic E-state index is 0.395. The van der Waals surface area contributed by atoms with E-state index in [4.69, 9.17) is 5.73 Å². The zero-order valence-corrected chi connectivity index (χ0v) is 13.8. The van der Waals surface area contributed by atoms with Gasteiger partial charge in [-0.1, -0.05) is 38.1 Å². The number of nitrogens with zero attached hydrogens (tertiary/aromatic N) is 1. The van der Waals surface area contributed by atoms with E-state index < -0.39 is 0 Å². The molecule has 3 N–H and O–H groups in total. The summed E-state index contributed by atoms with van der Waals surface area (Å²) < 4.78 is 1.11. The molecule has 0 saturated carbocycles. The fourth-order valence-electron chi connectivity index (χ4n) is 1.80. The standard InChI is InChI=1S/C16H18IN3/c1-11(2)12-7-9-13(10-8-12)19-16(18)20-15-6-4-3-5-14(15)17/h3-11H,1-2H3,(H3,18,19,20). The van der Waals surface area contributed by atoms with Gasteiger partial charge in [0.05, 0.1) is 11.4 Å². The topological polar surface area (TPSA) is 50.4 Å². The van der Waals surface area contributed by atoms with Crippen LogP contribution >= 0.6 is 22.6 Å². The predicted octanol–water partition coefficient (Wildman–Crippen LogP) is 4.47. The molecule has 0 aromatic heterocycles. The monoisotopic (exact) mass is 379 g/mol. The Labute approximate surface area is 133 Å². The lowest BCUT2D eigenvalue weighted by molar-refractivity contribution is 0.867. The lowest BCUT2D eigenvalue weighted by Crippen LogP contribution is -2.22. The van der Waals surface area contributed by atoms with Crippen LogP contribution in [0.15, 0.2) is 53.5 Å². The van der Waals surface area contributed by atoms with E-state index in [0.29, 0.717) is 11.9 Å². The Morgan fingerprint density at radius 2 is 1.75 bits per heavy atom. The highest BCUT2D eigenvalue weighted by molar-refractivity contribution is 14.1. The number of hydrogen-bond donors (Lipinski definition) is 2. The van der Waals surface area contributed by atoms with Crippen LogP contribution < -0.4 is 11.1 Å². The first-order chi connectivity index (χ1) is 9.56. The van der Waals surface area contributed by atoms with Crippen LogP contribution in [0, 0.1) is 3.57 Å². The van der Waals surface area contributed by atoms with Crippen LogP contribution in [0.25, 0.3) is 0 Å². The van der Waals surface area contributed by atoms with Gasteiger partial charge >= 0.3 is 0 Å². The highest BCUT2D eigenvalue weighted by Crippen LogP contribution is 2.20. The zero-order chi connectivity index (χ0) is 14.5. The van der Waals surface area contributed by atoms with Crippen molar-refractivity contribution in [3.63, 3.8) is 0 Å².